The van der Waals surface area contributed by atoms with Crippen molar-refractivity contribution in [2.24, 2.45) is 7.05 Å². The number of nitrogens with one attached hydrogen (secondary N) is 1. The summed E-state index contributed by atoms with van der Waals surface area (Å²) in [7, 11) is 2.05. The Kier molecular flexibility index (Phi) is 4.55. The van der Waals surface area contributed by atoms with Crippen LogP contribution in [-0.4, -0.2) is 27.5 Å². The van der Waals surface area contributed by atoms with Crippen LogP contribution in [0, 0.1) is 11.3 Å². The number of hydrogen-bond donors (Lipinski definition) is 1. The highest BCUT2D eigenvalue weighted by Gasteiger charge is 2.18. The van der Waals surface area contributed by atoms with E-state index in [2.05, 4.69) is 46.7 Å². The topological polar surface area (TPSA) is 56.9 Å². The van der Waals surface area contributed by atoms with Gasteiger partial charge in [-0.2, -0.15) is 5.26 Å². The Morgan fingerprint density at radius 2 is 2.07 bits per heavy atom. The van der Waals surface area contributed by atoms with E-state index >= 15 is 0 Å². The van der Waals surface area contributed by atoms with E-state index in [0.717, 1.165) is 46.8 Å². The van der Waals surface area contributed by atoms with E-state index in [-0.39, 0.29) is 1.43 Å². The zero-order chi connectivity index (χ0) is 18.8. The molecule has 1 saturated heterocycles. The van der Waals surface area contributed by atoms with Gasteiger partial charge in [0.1, 0.15) is 5.82 Å². The second kappa shape index (κ2) is 7.16. The first-order valence-electron chi connectivity index (χ1n) is 9.33. The number of nitriles is 1. The van der Waals surface area contributed by atoms with Gasteiger partial charge in [0, 0.05) is 56.3 Å². The Labute approximate surface area is 161 Å². The number of nitrogens with zero attached hydrogens (tertiary/aromatic N) is 4. The van der Waals surface area contributed by atoms with E-state index in [0.29, 0.717) is 5.56 Å². The molecule has 0 atom stereocenters. The van der Waals surface area contributed by atoms with Crippen molar-refractivity contribution >= 4 is 28.1 Å². The van der Waals surface area contributed by atoms with Crippen LogP contribution in [-0.2, 0) is 7.05 Å². The van der Waals surface area contributed by atoms with Crippen molar-refractivity contribution in [2.75, 3.05) is 18.4 Å². The maximum atomic E-state index is 9.11. The molecule has 1 aliphatic heterocycles. The van der Waals surface area contributed by atoms with Crippen molar-refractivity contribution in [3.05, 3.63) is 60.4 Å². The van der Waals surface area contributed by atoms with Crippen LogP contribution in [0.4, 0.5) is 11.5 Å². The SMILES string of the molecule is C=C(c1cnc(Nc2cccc(C#N)c2)c2ccn(C)c12)N1CCCCC1.[HH]. The van der Waals surface area contributed by atoms with Crippen LogP contribution >= 0.6 is 0 Å². The monoisotopic (exact) mass is 359 g/mol. The molecule has 4 rings (SSSR count). The van der Waals surface area contributed by atoms with Crippen LogP contribution in [0.1, 0.15) is 31.8 Å². The van der Waals surface area contributed by atoms with Gasteiger partial charge in [-0.25, -0.2) is 4.98 Å². The molecule has 5 nitrogen and oxygen atoms in total. The van der Waals surface area contributed by atoms with Crippen molar-refractivity contribution in [3.8, 4) is 6.07 Å². The molecule has 5 heteroatoms. The largest absolute Gasteiger partial charge is 0.371 e. The molecular weight excluding hydrogens is 334 g/mol. The third-order valence-corrected chi connectivity index (χ3v) is 5.21. The van der Waals surface area contributed by atoms with Crippen LogP contribution in [0.25, 0.3) is 16.6 Å². The zero-order valence-corrected chi connectivity index (χ0v) is 15.6. The summed E-state index contributed by atoms with van der Waals surface area (Å²) in [5.41, 5.74) is 4.73. The number of hydrogen-bond acceptors (Lipinski definition) is 4. The summed E-state index contributed by atoms with van der Waals surface area (Å²) in [6, 6.07) is 11.7. The fraction of sp³-hybridized carbons (Fsp3) is 0.273. The number of piperidine rings is 1. The molecule has 3 heterocycles. The normalized spacial score (nSPS) is 14.1. The summed E-state index contributed by atoms with van der Waals surface area (Å²) in [5, 5.41) is 13.5. The molecule has 1 aliphatic rings. The van der Waals surface area contributed by atoms with E-state index in [1.54, 1.807) is 6.07 Å². The summed E-state index contributed by atoms with van der Waals surface area (Å²) < 4.78 is 2.12. The predicted molar refractivity (Wildman–Crippen MR) is 112 cm³/mol. The molecule has 1 N–H and O–H groups in total. The Morgan fingerprint density at radius 1 is 1.26 bits per heavy atom. The standard InChI is InChI=1S/C22H23N5.H2/c1-16(27-10-4-3-5-11-27)20-15-24-22(19-9-12-26(2)21(19)20)25-18-8-6-7-17(13-18)14-23;/h6-9,12-13,15H,1,3-5,10-11H2,2H3,(H,24,25);1H. The van der Waals surface area contributed by atoms with Crippen LogP contribution in [0.2, 0.25) is 0 Å². The Balaban J connectivity index is 0.00000225. The van der Waals surface area contributed by atoms with Gasteiger partial charge in [0.05, 0.1) is 17.1 Å². The molecule has 0 aliphatic carbocycles. The van der Waals surface area contributed by atoms with Crippen LogP contribution in [0.15, 0.2) is 49.3 Å². The molecule has 0 amide bonds. The second-order valence-electron chi connectivity index (χ2n) is 7.02. The number of anilines is 2. The number of fused-ring (bicyclic) bond motifs is 1. The van der Waals surface area contributed by atoms with Crippen molar-refractivity contribution in [2.45, 2.75) is 19.3 Å². The van der Waals surface area contributed by atoms with E-state index < -0.39 is 0 Å². The number of pyridine rings is 1. The first kappa shape index (κ1) is 17.2. The van der Waals surface area contributed by atoms with Crippen LogP contribution < -0.4 is 5.32 Å². The number of benzene rings is 1. The molecule has 1 aromatic carbocycles. The highest BCUT2D eigenvalue weighted by atomic mass is 15.1. The predicted octanol–water partition coefficient (Wildman–Crippen LogP) is 4.89. The highest BCUT2D eigenvalue weighted by Crippen LogP contribution is 2.32. The maximum absolute atomic E-state index is 9.11. The van der Waals surface area contributed by atoms with Gasteiger partial charge >= 0.3 is 0 Å². The molecule has 0 spiro atoms. The lowest BCUT2D eigenvalue weighted by Gasteiger charge is -2.31. The summed E-state index contributed by atoms with van der Waals surface area (Å²) >= 11 is 0. The molecule has 0 unspecified atom stereocenters. The van der Waals surface area contributed by atoms with Crippen molar-refractivity contribution in [1.29, 1.82) is 5.26 Å². The number of aromatic nitrogens is 2. The number of aryl methyl sites for hydroxylation is 1. The lowest BCUT2D eigenvalue weighted by atomic mass is 10.1. The van der Waals surface area contributed by atoms with Crippen molar-refractivity contribution in [1.82, 2.24) is 14.5 Å². The van der Waals surface area contributed by atoms with Crippen LogP contribution in [0.3, 0.4) is 0 Å². The third kappa shape index (κ3) is 3.26. The fourth-order valence-electron chi connectivity index (χ4n) is 3.76. The minimum atomic E-state index is 0. The molecule has 3 aromatic rings. The van der Waals surface area contributed by atoms with Gasteiger partial charge in [-0.3, -0.25) is 0 Å². The molecule has 138 valence electrons. The van der Waals surface area contributed by atoms with E-state index in [4.69, 9.17) is 10.2 Å². The molecule has 1 fully saturated rings. The quantitative estimate of drug-likeness (QED) is 0.720. The maximum Gasteiger partial charge on any atom is 0.139 e. The van der Waals surface area contributed by atoms with Gasteiger partial charge in [-0.15, -0.1) is 0 Å². The van der Waals surface area contributed by atoms with Gasteiger partial charge in [0.15, 0.2) is 0 Å². The van der Waals surface area contributed by atoms with E-state index in [1.165, 1.54) is 19.3 Å². The molecule has 0 radical (unpaired) electrons. The zero-order valence-electron chi connectivity index (χ0n) is 15.6. The number of rotatable bonds is 4. The van der Waals surface area contributed by atoms with Gasteiger partial charge < -0.3 is 14.8 Å². The van der Waals surface area contributed by atoms with E-state index in [9.17, 15) is 0 Å². The lowest BCUT2D eigenvalue weighted by molar-refractivity contribution is 0.326. The van der Waals surface area contributed by atoms with Gasteiger partial charge in [0.2, 0.25) is 0 Å². The molecular formula is C22H25N5. The minimum absolute atomic E-state index is 0. The third-order valence-electron chi connectivity index (χ3n) is 5.21. The second-order valence-corrected chi connectivity index (χ2v) is 7.02. The average Bonchev–Trinajstić information content (AvgIpc) is 3.11. The summed E-state index contributed by atoms with van der Waals surface area (Å²) in [4.78, 5) is 7.06. The number of likely N-dealkylation sites (tertiary alicyclic amines) is 1. The van der Waals surface area contributed by atoms with Gasteiger partial charge in [-0.05, 0) is 43.5 Å². The average molecular weight is 359 g/mol. The van der Waals surface area contributed by atoms with Gasteiger partial charge in [0.25, 0.3) is 0 Å². The minimum Gasteiger partial charge on any atom is -0.371 e. The molecule has 0 saturated carbocycles. The smallest absolute Gasteiger partial charge is 0.139 e. The molecule has 0 bridgehead atoms. The lowest BCUT2D eigenvalue weighted by Crippen LogP contribution is -2.28. The highest BCUT2D eigenvalue weighted by molar-refractivity contribution is 5.98. The van der Waals surface area contributed by atoms with Gasteiger partial charge in [-0.1, -0.05) is 12.6 Å². The summed E-state index contributed by atoms with van der Waals surface area (Å²) in [6.45, 7) is 6.49. The van der Waals surface area contributed by atoms with Crippen molar-refractivity contribution < 1.29 is 1.43 Å². The fourth-order valence-corrected chi connectivity index (χ4v) is 3.76. The van der Waals surface area contributed by atoms with E-state index in [1.807, 2.05) is 24.4 Å². The molecule has 27 heavy (non-hydrogen) atoms. The van der Waals surface area contributed by atoms with Crippen molar-refractivity contribution in [3.63, 3.8) is 0 Å². The Morgan fingerprint density at radius 3 is 2.85 bits per heavy atom. The van der Waals surface area contributed by atoms with Crippen LogP contribution in [0.5, 0.6) is 0 Å². The Bertz CT molecular complexity index is 1040. The molecule has 2 aromatic heterocycles. The Hall–Kier alpha value is -3.26. The first-order valence-corrected chi connectivity index (χ1v) is 9.33. The summed E-state index contributed by atoms with van der Waals surface area (Å²) in [6.07, 6.45) is 7.70. The first-order chi connectivity index (χ1) is 13.2. The summed E-state index contributed by atoms with van der Waals surface area (Å²) in [5.74, 6) is 0.788.